The van der Waals surface area contributed by atoms with Crippen molar-refractivity contribution in [2.75, 3.05) is 0 Å². The third-order valence-electron chi connectivity index (χ3n) is 9.01. The Morgan fingerprint density at radius 3 is 1.63 bits per heavy atom. The highest BCUT2D eigenvalue weighted by Gasteiger charge is 2.26. The monoisotopic (exact) mass is 612 g/mol. The smallest absolute Gasteiger partial charge is 0.0835 e. The third-order valence-corrected chi connectivity index (χ3v) is 9.76. The maximum Gasteiger partial charge on any atom is 0.0835 e. The van der Waals surface area contributed by atoms with Crippen molar-refractivity contribution in [3.05, 3.63) is 67.2 Å². The molecule has 3 aromatic rings. The van der Waals surface area contributed by atoms with E-state index in [0.29, 0.717) is 0 Å². The number of allylic oxidation sites excluding steroid dienone is 2. The topological polar surface area (TPSA) is 46.5 Å². The second-order valence-electron chi connectivity index (χ2n) is 10.9. The molecule has 0 saturated carbocycles. The van der Waals surface area contributed by atoms with Gasteiger partial charge in [-0.25, -0.2) is 9.97 Å². The van der Waals surface area contributed by atoms with Gasteiger partial charge in [-0.05, 0) is 114 Å². The van der Waals surface area contributed by atoms with Crippen LogP contribution in [0.1, 0.15) is 119 Å². The largest absolute Gasteiger partial charge is 0.355 e. The second kappa shape index (κ2) is 12.1. The number of nitrogens with one attached hydrogen (secondary N) is 1. The Morgan fingerprint density at radius 2 is 1.10 bits per heavy atom. The third kappa shape index (κ3) is 4.65. The summed E-state index contributed by atoms with van der Waals surface area (Å²) in [6, 6.07) is 4.47. The number of hydrogen-bond acceptors (Lipinski definition) is 2. The number of aryl methyl sites for hydroxylation is 6. The normalized spacial score (nSPS) is 13.1. The molecule has 0 amide bonds. The van der Waals surface area contributed by atoms with E-state index >= 15 is 0 Å². The van der Waals surface area contributed by atoms with Gasteiger partial charge in [-0.1, -0.05) is 48.5 Å². The minimum Gasteiger partial charge on any atom is -0.355 e. The zero-order valence-corrected chi connectivity index (χ0v) is 27.8. The summed E-state index contributed by atoms with van der Waals surface area (Å²) >= 11 is 4.19. The van der Waals surface area contributed by atoms with Crippen LogP contribution < -0.4 is 0 Å². The fraction of sp³-hybridized carbons (Fsp3) is 0.444. The minimum atomic E-state index is 0.891. The van der Waals surface area contributed by atoms with Crippen LogP contribution in [0.4, 0.5) is 0 Å². The van der Waals surface area contributed by atoms with Gasteiger partial charge >= 0.3 is 0 Å². The maximum absolute atomic E-state index is 5.50. The molecule has 4 nitrogen and oxygen atoms in total. The van der Waals surface area contributed by atoms with Gasteiger partial charge in [0.15, 0.2) is 0 Å². The first kappa shape index (κ1) is 29.6. The standard InChI is InChI=1S/C36H45BrN4/c1-9-21-22(10-2)34-32(37)36-24(12-4)23(11-3)35(41(36)16-8)27(15-7)31-20-18-29(39-31)25(13-5)28-17-19-30(38-28)26(14-6)33(21)40-34/h17-20,38H,9-16H2,1-8H3. The average molecular weight is 614 g/mol. The van der Waals surface area contributed by atoms with Crippen LogP contribution in [-0.2, 0) is 38.6 Å². The number of aromatic amines is 1. The Balaban J connectivity index is 2.16. The van der Waals surface area contributed by atoms with Crippen LogP contribution in [0.5, 0.6) is 0 Å². The van der Waals surface area contributed by atoms with Gasteiger partial charge in [0.05, 0.1) is 38.3 Å². The Bertz CT molecular complexity index is 1730. The second-order valence-corrected chi connectivity index (χ2v) is 11.7. The predicted molar refractivity (Wildman–Crippen MR) is 181 cm³/mol. The molecular weight excluding hydrogens is 568 g/mol. The molecular formula is C36H45BrN4. The van der Waals surface area contributed by atoms with Crippen LogP contribution in [0.3, 0.4) is 0 Å². The van der Waals surface area contributed by atoms with Crippen LogP contribution in [-0.4, -0.2) is 19.5 Å². The number of halogens is 1. The van der Waals surface area contributed by atoms with Gasteiger partial charge in [0, 0.05) is 34.3 Å². The van der Waals surface area contributed by atoms with Gasteiger partial charge in [-0.3, -0.25) is 0 Å². The zero-order valence-electron chi connectivity index (χ0n) is 26.2. The summed E-state index contributed by atoms with van der Waals surface area (Å²) in [6.45, 7) is 19.1. The molecule has 0 radical (unpaired) electrons. The van der Waals surface area contributed by atoms with Gasteiger partial charge in [-0.2, -0.15) is 0 Å². The van der Waals surface area contributed by atoms with Gasteiger partial charge in [0.25, 0.3) is 0 Å². The molecule has 41 heavy (non-hydrogen) atoms. The fourth-order valence-corrected chi connectivity index (χ4v) is 7.93. The summed E-state index contributed by atoms with van der Waals surface area (Å²) in [4.78, 5) is 14.6. The summed E-state index contributed by atoms with van der Waals surface area (Å²) in [7, 11) is 0. The Hall–Kier alpha value is -2.92. The number of H-pyrrole nitrogens is 1. The van der Waals surface area contributed by atoms with Crippen molar-refractivity contribution in [3.8, 4) is 0 Å². The molecule has 0 unspecified atom stereocenters. The van der Waals surface area contributed by atoms with Crippen molar-refractivity contribution in [1.29, 1.82) is 0 Å². The lowest BCUT2D eigenvalue weighted by Crippen LogP contribution is -2.00. The highest BCUT2D eigenvalue weighted by Crippen LogP contribution is 2.43. The zero-order chi connectivity index (χ0) is 29.4. The molecule has 216 valence electrons. The molecule has 0 spiro atoms. The minimum absolute atomic E-state index is 0.891. The Labute approximate surface area is 254 Å². The van der Waals surface area contributed by atoms with E-state index in [2.05, 4.69) is 105 Å². The summed E-state index contributed by atoms with van der Waals surface area (Å²) in [6.07, 6.45) is 11.1. The van der Waals surface area contributed by atoms with E-state index in [4.69, 9.17) is 9.97 Å². The quantitative estimate of drug-likeness (QED) is 0.215. The number of nitrogens with zero attached hydrogens (tertiary/aromatic N) is 3. The van der Waals surface area contributed by atoms with Crippen molar-refractivity contribution in [2.24, 2.45) is 0 Å². The summed E-state index contributed by atoms with van der Waals surface area (Å²) in [5.41, 5.74) is 18.8. The molecule has 5 heterocycles. The van der Waals surface area contributed by atoms with Crippen LogP contribution in [0.15, 0.2) is 16.6 Å². The highest BCUT2D eigenvalue weighted by atomic mass is 79.9. The molecule has 5 heteroatoms. The summed E-state index contributed by atoms with van der Waals surface area (Å²) in [5.74, 6) is 0. The fourth-order valence-electron chi connectivity index (χ4n) is 7.15. The molecule has 0 aromatic carbocycles. The van der Waals surface area contributed by atoms with E-state index in [-0.39, 0.29) is 0 Å². The molecule has 2 aliphatic rings. The molecule has 0 saturated heterocycles. The van der Waals surface area contributed by atoms with E-state index in [9.17, 15) is 0 Å². The SMILES string of the molecule is CCC1=C(CC)c2nc1c(CC)c1ccc([nH]1)c(CC)c1nc(c(CC)c3c(CC)c(CC)c(c2Br)n3CC)C=C1. The summed E-state index contributed by atoms with van der Waals surface area (Å²) < 4.78 is 3.67. The van der Waals surface area contributed by atoms with Crippen molar-refractivity contribution in [2.45, 2.75) is 107 Å². The van der Waals surface area contributed by atoms with Crippen LogP contribution in [0, 0.1) is 0 Å². The Kier molecular flexibility index (Phi) is 8.75. The van der Waals surface area contributed by atoms with Crippen LogP contribution in [0.25, 0.3) is 45.4 Å². The lowest BCUT2D eigenvalue weighted by molar-refractivity contribution is 0.813. The van der Waals surface area contributed by atoms with Crippen LogP contribution in [0.2, 0.25) is 0 Å². The van der Waals surface area contributed by atoms with E-state index in [1.807, 2.05) is 0 Å². The highest BCUT2D eigenvalue weighted by molar-refractivity contribution is 9.10. The number of aromatic nitrogens is 4. The lowest BCUT2D eigenvalue weighted by atomic mass is 9.97. The molecule has 0 atom stereocenters. The van der Waals surface area contributed by atoms with Crippen LogP contribution >= 0.6 is 15.9 Å². The molecule has 0 fully saturated rings. The predicted octanol–water partition coefficient (Wildman–Crippen LogP) is 10.3. The first-order valence-electron chi connectivity index (χ1n) is 15.8. The van der Waals surface area contributed by atoms with Gasteiger partial charge in [0.2, 0.25) is 0 Å². The lowest BCUT2D eigenvalue weighted by Gasteiger charge is -2.10. The van der Waals surface area contributed by atoms with Crippen molar-refractivity contribution in [1.82, 2.24) is 19.5 Å². The first-order chi connectivity index (χ1) is 19.9. The molecule has 2 aliphatic heterocycles. The van der Waals surface area contributed by atoms with Gasteiger partial charge in [0.1, 0.15) is 0 Å². The number of rotatable bonds is 8. The van der Waals surface area contributed by atoms with Crippen molar-refractivity contribution < 1.29 is 0 Å². The molecule has 1 N–H and O–H groups in total. The summed E-state index contributed by atoms with van der Waals surface area (Å²) in [5, 5.41) is 0. The Morgan fingerprint density at radius 1 is 0.585 bits per heavy atom. The molecule has 3 aromatic heterocycles. The van der Waals surface area contributed by atoms with E-state index in [1.54, 1.807) is 0 Å². The van der Waals surface area contributed by atoms with Gasteiger partial charge in [-0.15, -0.1) is 0 Å². The average Bonchev–Trinajstić information content (AvgIpc) is 3.78. The van der Waals surface area contributed by atoms with E-state index < -0.39 is 0 Å². The molecule has 5 rings (SSSR count). The number of fused-ring (bicyclic) bond motifs is 8. The van der Waals surface area contributed by atoms with Crippen molar-refractivity contribution in [3.63, 3.8) is 0 Å². The molecule has 0 aliphatic carbocycles. The number of hydrogen-bond donors (Lipinski definition) is 1. The van der Waals surface area contributed by atoms with E-state index in [0.717, 1.165) is 89.8 Å². The maximum atomic E-state index is 5.50. The first-order valence-corrected chi connectivity index (χ1v) is 16.6. The molecule has 8 bridgehead atoms. The van der Waals surface area contributed by atoms with Crippen molar-refractivity contribution >= 4 is 61.3 Å². The van der Waals surface area contributed by atoms with E-state index in [1.165, 1.54) is 50.0 Å². The van der Waals surface area contributed by atoms with Gasteiger partial charge < -0.3 is 9.55 Å².